The zero-order valence-corrected chi connectivity index (χ0v) is 17.1. The van der Waals surface area contributed by atoms with Crippen molar-refractivity contribution in [2.24, 2.45) is 17.8 Å². The van der Waals surface area contributed by atoms with Crippen LogP contribution in [0.25, 0.3) is 0 Å². The lowest BCUT2D eigenvalue weighted by Gasteiger charge is -2.37. The number of ether oxygens (including phenoxy) is 1. The monoisotopic (exact) mass is 378 g/mol. The molecule has 0 radical (unpaired) electrons. The van der Waals surface area contributed by atoms with Gasteiger partial charge in [0.2, 0.25) is 5.82 Å². The van der Waals surface area contributed by atoms with Crippen LogP contribution in [-0.2, 0) is 0 Å². The zero-order valence-electron chi connectivity index (χ0n) is 17.1. The van der Waals surface area contributed by atoms with Gasteiger partial charge in [-0.05, 0) is 80.2 Å². The highest BCUT2D eigenvalue weighted by Crippen LogP contribution is 2.44. The van der Waals surface area contributed by atoms with Crippen LogP contribution in [0.5, 0.6) is 5.75 Å². The van der Waals surface area contributed by atoms with Gasteiger partial charge in [0.15, 0.2) is 11.6 Å². The van der Waals surface area contributed by atoms with E-state index in [2.05, 4.69) is 13.8 Å². The van der Waals surface area contributed by atoms with E-state index in [1.807, 2.05) is 0 Å². The van der Waals surface area contributed by atoms with E-state index in [-0.39, 0.29) is 11.7 Å². The first-order valence-corrected chi connectivity index (χ1v) is 11.2. The average molecular weight is 379 g/mol. The van der Waals surface area contributed by atoms with Crippen molar-refractivity contribution in [2.75, 3.05) is 6.61 Å². The molecule has 0 N–H and O–H groups in total. The first-order chi connectivity index (χ1) is 13.1. The number of hydrogen-bond acceptors (Lipinski definition) is 1. The van der Waals surface area contributed by atoms with E-state index in [4.69, 9.17) is 4.74 Å². The normalized spacial score (nSPS) is 28.9. The Kier molecular flexibility index (Phi) is 7.55. The molecule has 2 aliphatic rings. The Bertz CT molecular complexity index is 584. The van der Waals surface area contributed by atoms with Crippen molar-refractivity contribution in [2.45, 2.75) is 90.4 Å². The zero-order chi connectivity index (χ0) is 19.2. The number of unbranched alkanes of at least 4 members (excludes halogenated alkanes) is 2. The van der Waals surface area contributed by atoms with Crippen LogP contribution in [-0.4, -0.2) is 6.61 Å². The lowest BCUT2D eigenvalue weighted by molar-refractivity contribution is 0.164. The lowest BCUT2D eigenvalue weighted by Crippen LogP contribution is -2.25. The van der Waals surface area contributed by atoms with E-state index in [0.29, 0.717) is 12.2 Å². The Labute approximate surface area is 163 Å². The minimum Gasteiger partial charge on any atom is -0.490 e. The van der Waals surface area contributed by atoms with Gasteiger partial charge in [0.1, 0.15) is 0 Å². The van der Waals surface area contributed by atoms with E-state index in [1.54, 1.807) is 12.1 Å². The molecule has 0 atom stereocenters. The predicted octanol–water partition coefficient (Wildman–Crippen LogP) is 7.63. The van der Waals surface area contributed by atoms with Crippen LogP contribution in [0.4, 0.5) is 8.78 Å². The first-order valence-electron chi connectivity index (χ1n) is 11.2. The second-order valence-corrected chi connectivity index (χ2v) is 8.97. The molecule has 2 fully saturated rings. The number of halogens is 2. The number of hydrogen-bond donors (Lipinski definition) is 0. The Morgan fingerprint density at radius 1 is 0.852 bits per heavy atom. The van der Waals surface area contributed by atoms with Crippen LogP contribution in [0.1, 0.15) is 96.0 Å². The van der Waals surface area contributed by atoms with Crippen molar-refractivity contribution in [3.05, 3.63) is 29.3 Å². The lowest BCUT2D eigenvalue weighted by atomic mass is 9.68. The summed E-state index contributed by atoms with van der Waals surface area (Å²) >= 11 is 0. The Morgan fingerprint density at radius 3 is 2.11 bits per heavy atom. The van der Waals surface area contributed by atoms with Crippen molar-refractivity contribution in [3.8, 4) is 5.75 Å². The van der Waals surface area contributed by atoms with Crippen molar-refractivity contribution in [3.63, 3.8) is 0 Å². The van der Waals surface area contributed by atoms with Gasteiger partial charge in [0, 0.05) is 0 Å². The summed E-state index contributed by atoms with van der Waals surface area (Å²) in [4.78, 5) is 0. The molecule has 0 saturated heterocycles. The van der Waals surface area contributed by atoms with Gasteiger partial charge in [-0.3, -0.25) is 0 Å². The summed E-state index contributed by atoms with van der Waals surface area (Å²) in [5.41, 5.74) is 0.559. The molecule has 0 bridgehead atoms. The van der Waals surface area contributed by atoms with Crippen LogP contribution < -0.4 is 4.74 Å². The van der Waals surface area contributed by atoms with Crippen LogP contribution in [0.15, 0.2) is 12.1 Å². The Hall–Kier alpha value is -1.12. The van der Waals surface area contributed by atoms with E-state index in [0.717, 1.165) is 49.9 Å². The second-order valence-electron chi connectivity index (χ2n) is 8.97. The maximum atomic E-state index is 14.7. The fourth-order valence-electron chi connectivity index (χ4n) is 5.17. The first kappa shape index (κ1) is 20.6. The maximum Gasteiger partial charge on any atom is 0.200 e. The highest BCUT2D eigenvalue weighted by molar-refractivity contribution is 5.33. The summed E-state index contributed by atoms with van der Waals surface area (Å²) < 4.78 is 34.5. The van der Waals surface area contributed by atoms with E-state index >= 15 is 0 Å². The molecule has 1 nitrogen and oxygen atoms in total. The maximum absolute atomic E-state index is 14.7. The smallest absolute Gasteiger partial charge is 0.200 e. The van der Waals surface area contributed by atoms with Crippen molar-refractivity contribution >= 4 is 0 Å². The van der Waals surface area contributed by atoms with Gasteiger partial charge >= 0.3 is 0 Å². The molecule has 1 aromatic carbocycles. The van der Waals surface area contributed by atoms with Gasteiger partial charge < -0.3 is 4.74 Å². The molecule has 3 heteroatoms. The topological polar surface area (TPSA) is 9.23 Å². The molecule has 0 heterocycles. The molecule has 0 amide bonds. The summed E-state index contributed by atoms with van der Waals surface area (Å²) in [6.07, 6.45) is 12.8. The highest BCUT2D eigenvalue weighted by Gasteiger charge is 2.32. The van der Waals surface area contributed by atoms with Gasteiger partial charge in [0.05, 0.1) is 6.61 Å². The van der Waals surface area contributed by atoms with E-state index in [9.17, 15) is 8.78 Å². The van der Waals surface area contributed by atoms with Crippen LogP contribution in [0.3, 0.4) is 0 Å². The standard InChI is InChI=1S/C24H36F2O/c1-3-4-5-16-27-22-15-14-21(23(25)24(22)26)20-12-10-19(11-13-20)18-8-6-17(2)7-9-18/h14-15,17-20H,3-13,16H2,1-2H3. The number of rotatable bonds is 7. The molecule has 2 aliphatic carbocycles. The largest absolute Gasteiger partial charge is 0.490 e. The molecule has 152 valence electrons. The summed E-state index contributed by atoms with van der Waals surface area (Å²) in [6.45, 7) is 4.93. The van der Waals surface area contributed by atoms with Crippen molar-refractivity contribution in [1.29, 1.82) is 0 Å². The van der Waals surface area contributed by atoms with Gasteiger partial charge in [-0.1, -0.05) is 45.6 Å². The Morgan fingerprint density at radius 2 is 1.48 bits per heavy atom. The summed E-state index contributed by atoms with van der Waals surface area (Å²) in [6, 6.07) is 3.40. The second kappa shape index (κ2) is 9.89. The fraction of sp³-hybridized carbons (Fsp3) is 0.750. The SMILES string of the molecule is CCCCCOc1ccc(C2CCC(C3CCC(C)CC3)CC2)c(F)c1F. The molecular formula is C24H36F2O. The molecule has 0 spiro atoms. The molecule has 0 aliphatic heterocycles. The third-order valence-electron chi connectivity index (χ3n) is 7.02. The fourth-order valence-corrected chi connectivity index (χ4v) is 5.17. The van der Waals surface area contributed by atoms with Crippen molar-refractivity contribution < 1.29 is 13.5 Å². The summed E-state index contributed by atoms with van der Waals surface area (Å²) in [5, 5.41) is 0. The van der Waals surface area contributed by atoms with Gasteiger partial charge in [-0.25, -0.2) is 4.39 Å². The molecule has 2 saturated carbocycles. The highest BCUT2D eigenvalue weighted by atomic mass is 19.2. The predicted molar refractivity (Wildman–Crippen MR) is 107 cm³/mol. The summed E-state index contributed by atoms with van der Waals surface area (Å²) in [5.74, 6) is 1.29. The van der Waals surface area contributed by atoms with Crippen molar-refractivity contribution in [1.82, 2.24) is 0 Å². The molecular weight excluding hydrogens is 342 g/mol. The minimum atomic E-state index is -0.799. The van der Waals surface area contributed by atoms with Gasteiger partial charge in [0.25, 0.3) is 0 Å². The molecule has 3 rings (SSSR count). The van der Waals surface area contributed by atoms with Gasteiger partial charge in [-0.2, -0.15) is 4.39 Å². The molecule has 0 aromatic heterocycles. The molecule has 0 unspecified atom stereocenters. The molecule has 1 aromatic rings. The van der Waals surface area contributed by atoms with Crippen LogP contribution >= 0.6 is 0 Å². The average Bonchev–Trinajstić information content (AvgIpc) is 2.69. The summed E-state index contributed by atoms with van der Waals surface area (Å²) in [7, 11) is 0. The quantitative estimate of drug-likeness (QED) is 0.443. The van der Waals surface area contributed by atoms with Crippen LogP contribution in [0, 0.1) is 29.4 Å². The number of benzene rings is 1. The minimum absolute atomic E-state index is 0.0670. The van der Waals surface area contributed by atoms with Crippen LogP contribution in [0.2, 0.25) is 0 Å². The van der Waals surface area contributed by atoms with E-state index < -0.39 is 11.6 Å². The van der Waals surface area contributed by atoms with Gasteiger partial charge in [-0.15, -0.1) is 0 Å². The van der Waals surface area contributed by atoms with E-state index in [1.165, 1.54) is 38.5 Å². The Balaban J connectivity index is 1.55. The third-order valence-corrected chi connectivity index (χ3v) is 7.02. The molecule has 27 heavy (non-hydrogen) atoms. The third kappa shape index (κ3) is 5.23.